The molecule has 23 heavy (non-hydrogen) atoms. The summed E-state index contributed by atoms with van der Waals surface area (Å²) in [6.07, 6.45) is -0.586. The van der Waals surface area contributed by atoms with Crippen LogP contribution in [-0.2, 0) is 4.79 Å². The third-order valence-electron chi connectivity index (χ3n) is 4.89. The van der Waals surface area contributed by atoms with E-state index in [2.05, 4.69) is 9.97 Å². The second-order valence-electron chi connectivity index (χ2n) is 6.11. The first-order valence-electron chi connectivity index (χ1n) is 7.62. The van der Waals surface area contributed by atoms with Gasteiger partial charge in [-0.05, 0) is 31.4 Å². The lowest BCUT2D eigenvalue weighted by atomic mass is 9.89. The normalized spacial score (nSPS) is 26.4. The molecule has 0 saturated carbocycles. The van der Waals surface area contributed by atoms with Crippen LogP contribution in [0.3, 0.4) is 0 Å². The summed E-state index contributed by atoms with van der Waals surface area (Å²) in [4.78, 5) is 21.4. The predicted molar refractivity (Wildman–Crippen MR) is 79.5 cm³/mol. The molecule has 2 bridgehead atoms. The van der Waals surface area contributed by atoms with Gasteiger partial charge in [-0.25, -0.2) is 18.7 Å². The topological polar surface area (TPSA) is 66.3 Å². The van der Waals surface area contributed by atoms with Crippen molar-refractivity contribution in [1.82, 2.24) is 9.97 Å². The van der Waals surface area contributed by atoms with Gasteiger partial charge in [0, 0.05) is 17.5 Å². The fraction of sp³-hybridized carbons (Fsp3) is 0.438. The molecule has 3 atom stereocenters. The molecule has 7 heteroatoms. The summed E-state index contributed by atoms with van der Waals surface area (Å²) in [6.45, 7) is 0. The smallest absolute Gasteiger partial charge is 0.308 e. The number of benzene rings is 1. The molecule has 2 aliphatic rings. The molecule has 0 amide bonds. The van der Waals surface area contributed by atoms with Gasteiger partial charge in [0.15, 0.2) is 5.82 Å². The molecule has 1 aromatic carbocycles. The van der Waals surface area contributed by atoms with Crippen molar-refractivity contribution < 1.29 is 18.7 Å². The largest absolute Gasteiger partial charge is 0.481 e. The minimum atomic E-state index is -2.76. The van der Waals surface area contributed by atoms with Gasteiger partial charge < -0.3 is 10.0 Å². The Labute approximate surface area is 131 Å². The maximum Gasteiger partial charge on any atom is 0.308 e. The first-order valence-corrected chi connectivity index (χ1v) is 7.62. The number of carboxylic acid groups (broad SMARTS) is 1. The highest BCUT2D eigenvalue weighted by molar-refractivity contribution is 5.90. The van der Waals surface area contributed by atoms with E-state index in [4.69, 9.17) is 0 Å². The van der Waals surface area contributed by atoms with Crippen molar-refractivity contribution in [3.63, 3.8) is 0 Å². The van der Waals surface area contributed by atoms with E-state index in [1.807, 2.05) is 11.0 Å². The first kappa shape index (κ1) is 14.3. The molecule has 3 heterocycles. The minimum Gasteiger partial charge on any atom is -0.481 e. The third kappa shape index (κ3) is 2.14. The second-order valence-corrected chi connectivity index (χ2v) is 6.11. The van der Waals surface area contributed by atoms with Crippen LogP contribution in [0.25, 0.3) is 10.9 Å². The van der Waals surface area contributed by atoms with Crippen LogP contribution in [0.1, 0.15) is 31.5 Å². The predicted octanol–water partition coefficient (Wildman–Crippen LogP) is 3.01. The molecule has 0 radical (unpaired) electrons. The molecule has 1 N–H and O–H groups in total. The second kappa shape index (κ2) is 5.11. The SMILES string of the molecule is O=C(O)C1CC2CCC1N2c1nc(C(F)F)nc2ccccc12. The van der Waals surface area contributed by atoms with Crippen molar-refractivity contribution in [2.75, 3.05) is 4.90 Å². The molecule has 2 aliphatic heterocycles. The molecule has 3 unspecified atom stereocenters. The summed E-state index contributed by atoms with van der Waals surface area (Å²) in [7, 11) is 0. The molecular formula is C16H15F2N3O2. The van der Waals surface area contributed by atoms with Gasteiger partial charge in [0.2, 0.25) is 0 Å². The molecule has 2 aromatic rings. The molecule has 2 saturated heterocycles. The number of para-hydroxylation sites is 1. The Bertz CT molecular complexity index is 783. The van der Waals surface area contributed by atoms with E-state index >= 15 is 0 Å². The fourth-order valence-electron chi connectivity index (χ4n) is 3.96. The van der Waals surface area contributed by atoms with E-state index in [0.717, 1.165) is 12.8 Å². The van der Waals surface area contributed by atoms with Gasteiger partial charge in [-0.1, -0.05) is 12.1 Å². The quantitative estimate of drug-likeness (QED) is 0.942. The van der Waals surface area contributed by atoms with E-state index in [1.165, 1.54) is 0 Å². The average Bonchev–Trinajstić information content (AvgIpc) is 3.11. The third-order valence-corrected chi connectivity index (χ3v) is 4.89. The van der Waals surface area contributed by atoms with E-state index in [9.17, 15) is 18.7 Å². The van der Waals surface area contributed by atoms with Crippen molar-refractivity contribution in [2.24, 2.45) is 5.92 Å². The number of hydrogen-bond acceptors (Lipinski definition) is 4. The Kier molecular flexibility index (Phi) is 3.18. The number of aliphatic carboxylic acids is 1. The van der Waals surface area contributed by atoms with Gasteiger partial charge in [0.1, 0.15) is 5.82 Å². The Morgan fingerprint density at radius 2 is 2.04 bits per heavy atom. The summed E-state index contributed by atoms with van der Waals surface area (Å²) >= 11 is 0. The van der Waals surface area contributed by atoms with E-state index in [-0.39, 0.29) is 12.1 Å². The number of halogens is 2. The number of hydrogen-bond donors (Lipinski definition) is 1. The van der Waals surface area contributed by atoms with Crippen LogP contribution in [0.4, 0.5) is 14.6 Å². The van der Waals surface area contributed by atoms with Crippen LogP contribution in [0.2, 0.25) is 0 Å². The number of carboxylic acids is 1. The lowest BCUT2D eigenvalue weighted by Crippen LogP contribution is -2.33. The van der Waals surface area contributed by atoms with Crippen molar-refractivity contribution >= 4 is 22.7 Å². The number of carbonyl (C=O) groups is 1. The molecular weight excluding hydrogens is 304 g/mol. The minimum absolute atomic E-state index is 0.0462. The van der Waals surface area contributed by atoms with Gasteiger partial charge in [0.05, 0.1) is 11.4 Å². The highest BCUT2D eigenvalue weighted by Gasteiger charge is 2.50. The van der Waals surface area contributed by atoms with Crippen LogP contribution in [-0.4, -0.2) is 33.1 Å². The summed E-state index contributed by atoms with van der Waals surface area (Å²) in [5.41, 5.74) is 0.464. The summed E-state index contributed by atoms with van der Waals surface area (Å²) < 4.78 is 26.3. The Hall–Kier alpha value is -2.31. The van der Waals surface area contributed by atoms with Crippen molar-refractivity contribution in [3.05, 3.63) is 30.1 Å². The van der Waals surface area contributed by atoms with Crippen LogP contribution in [0, 0.1) is 5.92 Å². The standard InChI is InChI=1S/C16H15F2N3O2/c17-13(18)14-19-11-4-2-1-3-9(11)15(20-14)21-8-5-6-12(21)10(7-8)16(22)23/h1-4,8,10,12-13H,5-7H2,(H,22,23). The number of aromatic nitrogens is 2. The zero-order valence-electron chi connectivity index (χ0n) is 12.2. The van der Waals surface area contributed by atoms with E-state index in [1.54, 1.807) is 18.2 Å². The summed E-state index contributed by atoms with van der Waals surface area (Å²) in [5.74, 6) is -1.34. The van der Waals surface area contributed by atoms with E-state index in [0.29, 0.717) is 23.1 Å². The Morgan fingerprint density at radius 3 is 2.74 bits per heavy atom. The number of anilines is 1. The van der Waals surface area contributed by atoms with E-state index < -0.39 is 24.1 Å². The fourth-order valence-corrected chi connectivity index (χ4v) is 3.96. The van der Waals surface area contributed by atoms with Crippen molar-refractivity contribution in [2.45, 2.75) is 37.8 Å². The first-order chi connectivity index (χ1) is 11.1. The summed E-state index contributed by atoms with van der Waals surface area (Å²) in [6, 6.07) is 6.90. The molecule has 2 fully saturated rings. The van der Waals surface area contributed by atoms with Gasteiger partial charge in [0.25, 0.3) is 6.43 Å². The van der Waals surface area contributed by atoms with Crippen LogP contribution in [0.15, 0.2) is 24.3 Å². The van der Waals surface area contributed by atoms with Crippen LogP contribution >= 0.6 is 0 Å². The molecule has 120 valence electrons. The molecule has 0 aliphatic carbocycles. The zero-order chi connectivity index (χ0) is 16.1. The Morgan fingerprint density at radius 1 is 1.26 bits per heavy atom. The number of rotatable bonds is 3. The lowest BCUT2D eigenvalue weighted by Gasteiger charge is -2.25. The molecule has 0 spiro atoms. The van der Waals surface area contributed by atoms with Crippen molar-refractivity contribution in [3.8, 4) is 0 Å². The lowest BCUT2D eigenvalue weighted by molar-refractivity contribution is -0.142. The van der Waals surface area contributed by atoms with Gasteiger partial charge >= 0.3 is 5.97 Å². The monoisotopic (exact) mass is 319 g/mol. The van der Waals surface area contributed by atoms with Crippen LogP contribution in [0.5, 0.6) is 0 Å². The highest BCUT2D eigenvalue weighted by Crippen LogP contribution is 2.45. The molecule has 4 rings (SSSR count). The Balaban J connectivity index is 1.87. The average molecular weight is 319 g/mol. The van der Waals surface area contributed by atoms with Crippen molar-refractivity contribution in [1.29, 1.82) is 0 Å². The zero-order valence-corrected chi connectivity index (χ0v) is 12.2. The maximum absolute atomic E-state index is 13.1. The maximum atomic E-state index is 13.1. The van der Waals surface area contributed by atoms with Gasteiger partial charge in [-0.3, -0.25) is 4.79 Å². The highest BCUT2D eigenvalue weighted by atomic mass is 19.3. The van der Waals surface area contributed by atoms with Gasteiger partial charge in [-0.15, -0.1) is 0 Å². The number of alkyl halides is 2. The van der Waals surface area contributed by atoms with Crippen LogP contribution < -0.4 is 4.90 Å². The summed E-state index contributed by atoms with van der Waals surface area (Å²) in [5, 5.41) is 10.1. The van der Waals surface area contributed by atoms with Gasteiger partial charge in [-0.2, -0.15) is 0 Å². The molecule has 1 aromatic heterocycles. The molecule has 5 nitrogen and oxygen atoms in total. The number of nitrogens with zero attached hydrogens (tertiary/aromatic N) is 3. The number of fused-ring (bicyclic) bond motifs is 3.